The SMILES string of the molecule is CC(C)(S)CC(=O)OCCN1C(=O)N(CCOC(=O)CC(C)(C)S)C(O)N(CCOC(=O)CC(C)(C)S)C1=O. The van der Waals surface area contributed by atoms with E-state index in [9.17, 15) is 29.1 Å². The van der Waals surface area contributed by atoms with Gasteiger partial charge in [-0.15, -0.1) is 0 Å². The van der Waals surface area contributed by atoms with Crippen LogP contribution in [0.5, 0.6) is 0 Å². The predicted octanol–water partition coefficient (Wildman–Crippen LogP) is 2.35. The molecule has 15 heteroatoms. The van der Waals surface area contributed by atoms with Crippen molar-refractivity contribution in [1.29, 1.82) is 0 Å². The second-order valence-corrected chi connectivity index (χ2v) is 14.7. The highest BCUT2D eigenvalue weighted by atomic mass is 32.1. The van der Waals surface area contributed by atoms with Crippen LogP contribution in [0, 0.1) is 0 Å². The molecule has 1 aliphatic heterocycles. The number of carbonyl (C=O) groups is 5. The third-order valence-electron chi connectivity index (χ3n) is 5.01. The van der Waals surface area contributed by atoms with Gasteiger partial charge in [0.2, 0.25) is 6.35 Å². The monoisotopic (exact) mass is 611 g/mol. The van der Waals surface area contributed by atoms with Gasteiger partial charge in [-0.1, -0.05) is 41.5 Å². The highest BCUT2D eigenvalue weighted by Gasteiger charge is 2.43. The summed E-state index contributed by atoms with van der Waals surface area (Å²) in [5.41, 5.74) is 0. The molecule has 0 aromatic carbocycles. The van der Waals surface area contributed by atoms with Gasteiger partial charge in [-0.05, 0) is 0 Å². The van der Waals surface area contributed by atoms with E-state index in [2.05, 4.69) is 37.9 Å². The first-order valence-electron chi connectivity index (χ1n) is 12.4. The van der Waals surface area contributed by atoms with Gasteiger partial charge in [-0.2, -0.15) is 37.9 Å². The number of thiol groups is 3. The summed E-state index contributed by atoms with van der Waals surface area (Å²) in [7, 11) is 0. The maximum Gasteiger partial charge on any atom is 0.331 e. The molecule has 0 radical (unpaired) electrons. The molecule has 1 saturated heterocycles. The first kappa shape index (κ1) is 35.2. The van der Waals surface area contributed by atoms with Crippen LogP contribution in [-0.2, 0) is 28.6 Å². The summed E-state index contributed by atoms with van der Waals surface area (Å²) >= 11 is 12.8. The fourth-order valence-corrected chi connectivity index (χ4v) is 3.74. The van der Waals surface area contributed by atoms with Gasteiger partial charge in [0.1, 0.15) is 19.8 Å². The summed E-state index contributed by atoms with van der Waals surface area (Å²) in [6, 6.07) is -1.73. The van der Waals surface area contributed by atoms with Gasteiger partial charge in [0.15, 0.2) is 0 Å². The molecule has 0 aromatic heterocycles. The Bertz CT molecular complexity index is 844. The number of aliphatic hydroxyl groups is 1. The van der Waals surface area contributed by atoms with Crippen LogP contribution in [0.2, 0.25) is 0 Å². The minimum Gasteiger partial charge on any atom is -0.464 e. The Hall–Kier alpha value is -1.84. The summed E-state index contributed by atoms with van der Waals surface area (Å²) in [5, 5.41) is 10.8. The molecule has 1 aliphatic rings. The standard InChI is InChI=1S/C24H41N3O9S3/c1-22(2,37)13-16(28)34-10-7-25-19(31)26(8-11-35-17(29)14-23(3,4)38)21(33)27(20(25)32)9-12-36-18(30)15-24(5,6)39/h19,31,37-39H,7-15H2,1-6H3. The lowest BCUT2D eigenvalue weighted by Gasteiger charge is -2.44. The van der Waals surface area contributed by atoms with Crippen LogP contribution in [-0.4, -0.2) is 110 Å². The molecule has 224 valence electrons. The smallest absolute Gasteiger partial charge is 0.331 e. The van der Waals surface area contributed by atoms with E-state index in [1.54, 1.807) is 41.5 Å². The minimum atomic E-state index is -1.71. The normalized spacial score (nSPS) is 15.5. The van der Waals surface area contributed by atoms with E-state index in [4.69, 9.17) is 14.2 Å². The predicted molar refractivity (Wildman–Crippen MR) is 153 cm³/mol. The third-order valence-corrected chi connectivity index (χ3v) is 5.48. The molecule has 12 nitrogen and oxygen atoms in total. The summed E-state index contributed by atoms with van der Waals surface area (Å²) in [6.45, 7) is 8.89. The number of aliphatic hydroxyl groups excluding tert-OH is 1. The van der Waals surface area contributed by atoms with Crippen molar-refractivity contribution >= 4 is 67.9 Å². The molecule has 0 atom stereocenters. The van der Waals surface area contributed by atoms with Crippen LogP contribution in [0.4, 0.5) is 9.59 Å². The van der Waals surface area contributed by atoms with Crippen molar-refractivity contribution < 1.29 is 43.3 Å². The van der Waals surface area contributed by atoms with E-state index in [0.717, 1.165) is 14.7 Å². The number of hydrogen-bond donors (Lipinski definition) is 4. The van der Waals surface area contributed by atoms with Crippen molar-refractivity contribution in [1.82, 2.24) is 14.7 Å². The van der Waals surface area contributed by atoms with Crippen molar-refractivity contribution in [3.63, 3.8) is 0 Å². The Morgan fingerprint density at radius 1 is 0.667 bits per heavy atom. The molecule has 0 aromatic rings. The van der Waals surface area contributed by atoms with Gasteiger partial charge in [-0.25, -0.2) is 14.5 Å². The second kappa shape index (κ2) is 14.7. The van der Waals surface area contributed by atoms with Crippen molar-refractivity contribution in [3.8, 4) is 0 Å². The summed E-state index contributed by atoms with van der Waals surface area (Å²) < 4.78 is 13.7. The van der Waals surface area contributed by atoms with Crippen molar-refractivity contribution in [2.45, 2.75) is 81.4 Å². The number of ether oxygens (including phenoxy) is 3. The molecule has 0 spiro atoms. The molecule has 4 amide bonds. The van der Waals surface area contributed by atoms with E-state index in [1.165, 1.54) is 0 Å². The van der Waals surface area contributed by atoms with Crippen LogP contribution in [0.3, 0.4) is 0 Å². The average Bonchev–Trinajstić information content (AvgIpc) is 2.71. The van der Waals surface area contributed by atoms with Crippen molar-refractivity contribution in [2.24, 2.45) is 0 Å². The van der Waals surface area contributed by atoms with E-state index >= 15 is 0 Å². The molecule has 1 heterocycles. The molecule has 0 unspecified atom stereocenters. The van der Waals surface area contributed by atoms with E-state index in [1.807, 2.05) is 0 Å². The molecule has 1 rings (SSSR count). The zero-order valence-electron chi connectivity index (χ0n) is 23.3. The molecule has 0 bridgehead atoms. The summed E-state index contributed by atoms with van der Waals surface area (Å²) in [4.78, 5) is 64.9. The topological polar surface area (TPSA) is 143 Å². The third kappa shape index (κ3) is 13.9. The van der Waals surface area contributed by atoms with Crippen LogP contribution in [0.1, 0.15) is 60.8 Å². The first-order chi connectivity index (χ1) is 17.7. The van der Waals surface area contributed by atoms with Crippen molar-refractivity contribution in [2.75, 3.05) is 39.5 Å². The lowest BCUT2D eigenvalue weighted by Crippen LogP contribution is -2.67. The number of nitrogens with zero attached hydrogens (tertiary/aromatic N) is 3. The van der Waals surface area contributed by atoms with Crippen LogP contribution in [0.25, 0.3) is 0 Å². The lowest BCUT2D eigenvalue weighted by molar-refractivity contribution is -0.149. The van der Waals surface area contributed by atoms with Gasteiger partial charge >= 0.3 is 30.0 Å². The zero-order valence-corrected chi connectivity index (χ0v) is 26.0. The number of esters is 3. The molecule has 1 fully saturated rings. The number of amides is 4. The zero-order chi connectivity index (χ0) is 30.2. The molecular weight excluding hydrogens is 570 g/mol. The molecule has 39 heavy (non-hydrogen) atoms. The minimum absolute atomic E-state index is 0.0118. The highest BCUT2D eigenvalue weighted by Crippen LogP contribution is 2.21. The number of rotatable bonds is 15. The molecule has 1 N–H and O–H groups in total. The van der Waals surface area contributed by atoms with Gasteiger partial charge in [0.25, 0.3) is 0 Å². The maximum absolute atomic E-state index is 13.1. The highest BCUT2D eigenvalue weighted by molar-refractivity contribution is 7.82. The molecule has 0 aliphatic carbocycles. The van der Waals surface area contributed by atoms with E-state index < -0.39 is 50.6 Å². The fourth-order valence-electron chi connectivity index (χ4n) is 3.35. The largest absolute Gasteiger partial charge is 0.464 e. The summed E-state index contributed by atoms with van der Waals surface area (Å²) in [5.74, 6) is -1.65. The van der Waals surface area contributed by atoms with Gasteiger partial charge in [-0.3, -0.25) is 24.2 Å². The van der Waals surface area contributed by atoms with Crippen LogP contribution >= 0.6 is 37.9 Å². The fraction of sp³-hybridized carbons (Fsp3) is 0.792. The van der Waals surface area contributed by atoms with Crippen LogP contribution in [0.15, 0.2) is 0 Å². The van der Waals surface area contributed by atoms with E-state index in [0.29, 0.717) is 0 Å². The van der Waals surface area contributed by atoms with Gasteiger partial charge in [0, 0.05) is 14.2 Å². The van der Waals surface area contributed by atoms with Crippen molar-refractivity contribution in [3.05, 3.63) is 0 Å². The Morgan fingerprint density at radius 2 is 0.949 bits per heavy atom. The first-order valence-corrected chi connectivity index (χ1v) is 13.8. The van der Waals surface area contributed by atoms with Gasteiger partial charge < -0.3 is 19.3 Å². The number of hydrogen-bond acceptors (Lipinski definition) is 12. The molecule has 0 saturated carbocycles. The Labute approximate surface area is 246 Å². The van der Waals surface area contributed by atoms with Crippen LogP contribution < -0.4 is 0 Å². The maximum atomic E-state index is 13.1. The Balaban J connectivity index is 2.92. The lowest BCUT2D eigenvalue weighted by atomic mass is 10.1. The molecular formula is C24H41N3O9S3. The quantitative estimate of drug-likeness (QED) is 0.125. The van der Waals surface area contributed by atoms with E-state index in [-0.39, 0.29) is 58.7 Å². The average molecular weight is 612 g/mol. The Morgan fingerprint density at radius 3 is 1.23 bits per heavy atom. The number of urea groups is 2. The number of imide groups is 1. The summed E-state index contributed by atoms with van der Waals surface area (Å²) in [6.07, 6.45) is -1.66. The Kier molecular flexibility index (Phi) is 13.3. The second-order valence-electron chi connectivity index (χ2n) is 11.1. The number of carbonyl (C=O) groups excluding carboxylic acids is 5. The van der Waals surface area contributed by atoms with Gasteiger partial charge in [0.05, 0.1) is 38.9 Å².